The average Bonchev–Trinajstić information content (AvgIpc) is 2.29. The smallest absolute Gasteiger partial charge is 0.205 e. The van der Waals surface area contributed by atoms with E-state index in [2.05, 4.69) is 20.6 Å². The maximum absolute atomic E-state index is 5.30. The lowest BCUT2D eigenvalue weighted by Gasteiger charge is -2.25. The van der Waals surface area contributed by atoms with Crippen LogP contribution in [-0.4, -0.2) is 56.8 Å². The summed E-state index contributed by atoms with van der Waals surface area (Å²) in [6.07, 6.45) is 0. The molecule has 1 fully saturated rings. The van der Waals surface area contributed by atoms with E-state index in [-0.39, 0.29) is 0 Å². The van der Waals surface area contributed by atoms with Crippen LogP contribution in [0, 0.1) is 0 Å². The van der Waals surface area contributed by atoms with Gasteiger partial charge in [-0.25, -0.2) is 5.84 Å². The fourth-order valence-electron chi connectivity index (χ4n) is 1.45. The highest BCUT2D eigenvalue weighted by atomic mass is 16.5. The molecule has 88 valence electrons. The predicted molar refractivity (Wildman–Crippen MR) is 60.6 cm³/mol. The third-order valence-electron chi connectivity index (χ3n) is 2.27. The van der Waals surface area contributed by atoms with Gasteiger partial charge in [0.1, 0.15) is 0 Å². The van der Waals surface area contributed by atoms with Crippen LogP contribution in [0.25, 0.3) is 0 Å². The van der Waals surface area contributed by atoms with Crippen LogP contribution in [0.4, 0.5) is 0 Å². The molecule has 15 heavy (non-hydrogen) atoms. The van der Waals surface area contributed by atoms with Gasteiger partial charge < -0.3 is 10.1 Å². The van der Waals surface area contributed by atoms with Gasteiger partial charge in [0, 0.05) is 26.2 Å². The molecule has 1 saturated heterocycles. The molecule has 0 unspecified atom stereocenters. The van der Waals surface area contributed by atoms with Crippen LogP contribution in [0.15, 0.2) is 4.99 Å². The molecule has 1 aliphatic rings. The van der Waals surface area contributed by atoms with Gasteiger partial charge in [0.15, 0.2) is 0 Å². The lowest BCUT2D eigenvalue weighted by atomic mass is 10.4. The monoisotopic (exact) mass is 215 g/mol. The van der Waals surface area contributed by atoms with Crippen LogP contribution >= 0.6 is 0 Å². The molecule has 0 aromatic heterocycles. The van der Waals surface area contributed by atoms with E-state index >= 15 is 0 Å². The standard InChI is InChI=1S/C9H21N5O/c1-2-11-9(13-10)12-3-4-14-5-7-15-8-6-14/h2-8,10H2,1H3,(H2,11,12,13). The Kier molecular flexibility index (Phi) is 6.06. The number of nitrogens with two attached hydrogens (primary N) is 1. The summed E-state index contributed by atoms with van der Waals surface area (Å²) >= 11 is 0. The number of rotatable bonds is 4. The molecular formula is C9H21N5O. The van der Waals surface area contributed by atoms with E-state index in [1.54, 1.807) is 0 Å². The van der Waals surface area contributed by atoms with Crippen molar-refractivity contribution < 1.29 is 4.74 Å². The molecule has 0 saturated carbocycles. The Hall–Kier alpha value is -0.850. The first-order valence-electron chi connectivity index (χ1n) is 5.42. The second-order valence-electron chi connectivity index (χ2n) is 3.36. The minimum absolute atomic E-state index is 0.658. The zero-order valence-corrected chi connectivity index (χ0v) is 9.33. The molecule has 0 amide bonds. The van der Waals surface area contributed by atoms with Gasteiger partial charge in [-0.3, -0.25) is 15.3 Å². The number of morpholine rings is 1. The first-order chi connectivity index (χ1) is 7.36. The number of hydrogen-bond acceptors (Lipinski definition) is 4. The molecule has 1 rings (SSSR count). The third-order valence-corrected chi connectivity index (χ3v) is 2.27. The summed E-state index contributed by atoms with van der Waals surface area (Å²) in [5.74, 6) is 5.96. The molecule has 4 N–H and O–H groups in total. The Labute approximate surface area is 90.8 Å². The zero-order valence-electron chi connectivity index (χ0n) is 9.33. The van der Waals surface area contributed by atoms with Gasteiger partial charge in [-0.05, 0) is 6.92 Å². The van der Waals surface area contributed by atoms with Crippen molar-refractivity contribution in [2.45, 2.75) is 6.92 Å². The summed E-state index contributed by atoms with van der Waals surface area (Å²) in [7, 11) is 0. The van der Waals surface area contributed by atoms with E-state index in [1.165, 1.54) is 0 Å². The summed E-state index contributed by atoms with van der Waals surface area (Å²) in [5, 5.41) is 3.04. The van der Waals surface area contributed by atoms with Gasteiger partial charge in [-0.1, -0.05) is 0 Å². The molecule has 0 radical (unpaired) electrons. The third kappa shape index (κ3) is 4.96. The van der Waals surface area contributed by atoms with Crippen molar-refractivity contribution in [1.82, 2.24) is 15.6 Å². The van der Waals surface area contributed by atoms with Gasteiger partial charge in [-0.2, -0.15) is 0 Å². The Morgan fingerprint density at radius 3 is 2.80 bits per heavy atom. The van der Waals surface area contributed by atoms with E-state index in [1.807, 2.05) is 6.92 Å². The van der Waals surface area contributed by atoms with Crippen LogP contribution in [0.1, 0.15) is 6.92 Å². The van der Waals surface area contributed by atoms with Gasteiger partial charge in [0.2, 0.25) is 5.96 Å². The number of nitrogens with zero attached hydrogens (tertiary/aromatic N) is 2. The number of hydrogen-bond donors (Lipinski definition) is 3. The second kappa shape index (κ2) is 7.44. The Morgan fingerprint density at radius 2 is 2.20 bits per heavy atom. The van der Waals surface area contributed by atoms with Crippen molar-refractivity contribution in [3.05, 3.63) is 0 Å². The first-order valence-corrected chi connectivity index (χ1v) is 5.42. The van der Waals surface area contributed by atoms with Crippen LogP contribution in [0.2, 0.25) is 0 Å². The number of aliphatic imine (C=N–C) groups is 1. The van der Waals surface area contributed by atoms with Crippen molar-refractivity contribution >= 4 is 5.96 Å². The van der Waals surface area contributed by atoms with Crippen LogP contribution < -0.4 is 16.6 Å². The van der Waals surface area contributed by atoms with E-state index < -0.39 is 0 Å². The fourth-order valence-corrected chi connectivity index (χ4v) is 1.45. The molecule has 1 heterocycles. The summed E-state index contributed by atoms with van der Waals surface area (Å²) < 4.78 is 5.26. The van der Waals surface area contributed by atoms with Gasteiger partial charge >= 0.3 is 0 Å². The highest BCUT2D eigenvalue weighted by Gasteiger charge is 2.08. The fraction of sp³-hybridized carbons (Fsp3) is 0.889. The highest BCUT2D eigenvalue weighted by Crippen LogP contribution is 1.95. The van der Waals surface area contributed by atoms with E-state index in [9.17, 15) is 0 Å². The molecule has 0 aliphatic carbocycles. The first kappa shape index (κ1) is 12.2. The summed E-state index contributed by atoms with van der Waals surface area (Å²) in [5.41, 5.74) is 2.54. The lowest BCUT2D eigenvalue weighted by Crippen LogP contribution is -2.42. The van der Waals surface area contributed by atoms with Gasteiger partial charge in [0.25, 0.3) is 0 Å². The van der Waals surface area contributed by atoms with Crippen molar-refractivity contribution in [2.75, 3.05) is 45.9 Å². The molecule has 1 aliphatic heterocycles. The summed E-state index contributed by atoms with van der Waals surface area (Å²) in [6.45, 7) is 8.21. The van der Waals surface area contributed by atoms with Gasteiger partial charge in [-0.15, -0.1) is 0 Å². The number of hydrazine groups is 1. The maximum atomic E-state index is 5.30. The average molecular weight is 215 g/mol. The number of guanidine groups is 1. The molecule has 0 aromatic rings. The Bertz CT molecular complexity index is 191. The quantitative estimate of drug-likeness (QED) is 0.236. The lowest BCUT2D eigenvalue weighted by molar-refractivity contribution is 0.0394. The van der Waals surface area contributed by atoms with Crippen molar-refractivity contribution in [3.63, 3.8) is 0 Å². The van der Waals surface area contributed by atoms with Crippen LogP contribution in [-0.2, 0) is 4.74 Å². The second-order valence-corrected chi connectivity index (χ2v) is 3.36. The number of nitrogens with one attached hydrogen (secondary N) is 2. The molecule has 0 bridgehead atoms. The normalized spacial score (nSPS) is 18.9. The predicted octanol–water partition coefficient (Wildman–Crippen LogP) is -1.25. The molecule has 0 atom stereocenters. The SMILES string of the molecule is CCNC(=NCCN1CCOCC1)NN. The van der Waals surface area contributed by atoms with Crippen molar-refractivity contribution in [1.29, 1.82) is 0 Å². The minimum Gasteiger partial charge on any atom is -0.379 e. The Morgan fingerprint density at radius 1 is 1.47 bits per heavy atom. The van der Waals surface area contributed by atoms with E-state index in [4.69, 9.17) is 10.6 Å². The largest absolute Gasteiger partial charge is 0.379 e. The van der Waals surface area contributed by atoms with Gasteiger partial charge in [0.05, 0.1) is 19.8 Å². The molecular weight excluding hydrogens is 194 g/mol. The van der Waals surface area contributed by atoms with E-state index in [0.717, 1.165) is 45.9 Å². The highest BCUT2D eigenvalue weighted by molar-refractivity contribution is 5.79. The summed E-state index contributed by atoms with van der Waals surface area (Å²) in [4.78, 5) is 6.65. The zero-order chi connectivity index (χ0) is 10.9. The van der Waals surface area contributed by atoms with Crippen LogP contribution in [0.5, 0.6) is 0 Å². The van der Waals surface area contributed by atoms with Crippen molar-refractivity contribution in [3.8, 4) is 0 Å². The van der Waals surface area contributed by atoms with Crippen molar-refractivity contribution in [2.24, 2.45) is 10.8 Å². The molecule has 0 aromatic carbocycles. The molecule has 0 spiro atoms. The Balaban J connectivity index is 2.17. The minimum atomic E-state index is 0.658. The van der Waals surface area contributed by atoms with Crippen LogP contribution in [0.3, 0.4) is 0 Å². The molecule has 6 heteroatoms. The topological polar surface area (TPSA) is 74.9 Å². The summed E-state index contributed by atoms with van der Waals surface area (Å²) in [6, 6.07) is 0. The van der Waals surface area contributed by atoms with E-state index in [0.29, 0.717) is 5.96 Å². The molecule has 6 nitrogen and oxygen atoms in total. The number of ether oxygens (including phenoxy) is 1. The maximum Gasteiger partial charge on any atom is 0.205 e.